The molecule has 2 atom stereocenters. The van der Waals surface area contributed by atoms with E-state index in [0.717, 1.165) is 0 Å². The summed E-state index contributed by atoms with van der Waals surface area (Å²) < 4.78 is 0. The van der Waals surface area contributed by atoms with Crippen molar-refractivity contribution in [1.29, 1.82) is 0 Å². The summed E-state index contributed by atoms with van der Waals surface area (Å²) >= 11 is 1.85. The van der Waals surface area contributed by atoms with Crippen LogP contribution in [0.4, 0.5) is 0 Å². The van der Waals surface area contributed by atoms with Crippen LogP contribution in [0.2, 0.25) is 0 Å². The van der Waals surface area contributed by atoms with Gasteiger partial charge < -0.3 is 0 Å². The molecule has 1 aliphatic heterocycles. The van der Waals surface area contributed by atoms with Gasteiger partial charge in [-0.3, -0.25) is 5.01 Å². The minimum atomic E-state index is 0.427. The van der Waals surface area contributed by atoms with Crippen molar-refractivity contribution in [2.75, 3.05) is 7.05 Å². The van der Waals surface area contributed by atoms with Gasteiger partial charge in [-0.15, -0.1) is 11.3 Å². The van der Waals surface area contributed by atoms with Gasteiger partial charge in [0.15, 0.2) is 0 Å². The Hall–Kier alpha value is -1.61. The summed E-state index contributed by atoms with van der Waals surface area (Å²) in [5, 5.41) is 9.25. The van der Waals surface area contributed by atoms with Crippen LogP contribution in [0.1, 0.15) is 34.9 Å². The second-order valence-electron chi connectivity index (χ2n) is 5.68. The third kappa shape index (κ3) is 1.80. The zero-order chi connectivity index (χ0) is 13.5. The molecule has 0 radical (unpaired) electrons. The number of rotatable bonds is 1. The minimum absolute atomic E-state index is 0.427. The van der Waals surface area contributed by atoms with E-state index in [4.69, 9.17) is 5.10 Å². The Balaban J connectivity index is 1.80. The lowest BCUT2D eigenvalue weighted by atomic mass is 9.88. The first-order valence-electron chi connectivity index (χ1n) is 7.27. The number of fused-ring (bicyclic) bond motifs is 3. The smallest absolute Gasteiger partial charge is 0.0893 e. The summed E-state index contributed by atoms with van der Waals surface area (Å²) in [6.45, 7) is 0. The van der Waals surface area contributed by atoms with E-state index in [2.05, 4.69) is 53.8 Å². The van der Waals surface area contributed by atoms with Crippen molar-refractivity contribution in [2.24, 2.45) is 11.0 Å². The fraction of sp³-hybridized carbons (Fsp3) is 0.353. The lowest BCUT2D eigenvalue weighted by Gasteiger charge is -2.23. The van der Waals surface area contributed by atoms with E-state index in [1.807, 2.05) is 11.3 Å². The van der Waals surface area contributed by atoms with Gasteiger partial charge in [-0.05, 0) is 36.3 Å². The largest absolute Gasteiger partial charge is 0.291 e. The van der Waals surface area contributed by atoms with Gasteiger partial charge >= 0.3 is 0 Å². The molecule has 0 fully saturated rings. The third-order valence-electron chi connectivity index (χ3n) is 4.49. The van der Waals surface area contributed by atoms with E-state index in [9.17, 15) is 0 Å². The Bertz CT molecular complexity index is 645. The van der Waals surface area contributed by atoms with Crippen LogP contribution in [0, 0.1) is 5.92 Å². The highest BCUT2D eigenvalue weighted by atomic mass is 32.1. The molecule has 20 heavy (non-hydrogen) atoms. The maximum Gasteiger partial charge on any atom is 0.0893 e. The number of aryl methyl sites for hydroxylation is 1. The molecule has 1 aromatic carbocycles. The highest BCUT2D eigenvalue weighted by Gasteiger charge is 2.39. The number of hydrogen-bond donors (Lipinski definition) is 0. The summed E-state index contributed by atoms with van der Waals surface area (Å²) in [5.74, 6) is 0.544. The van der Waals surface area contributed by atoms with Crippen LogP contribution in [0.25, 0.3) is 0 Å². The fourth-order valence-electron chi connectivity index (χ4n) is 3.61. The molecule has 2 nitrogen and oxygen atoms in total. The molecule has 102 valence electrons. The number of hydrazone groups is 1. The van der Waals surface area contributed by atoms with Crippen LogP contribution in [0.3, 0.4) is 0 Å². The van der Waals surface area contributed by atoms with Gasteiger partial charge in [0.05, 0.1) is 11.8 Å². The molecule has 0 amide bonds. The van der Waals surface area contributed by atoms with Gasteiger partial charge in [-0.1, -0.05) is 30.3 Å². The highest BCUT2D eigenvalue weighted by molar-refractivity contribution is 7.10. The highest BCUT2D eigenvalue weighted by Crippen LogP contribution is 2.42. The van der Waals surface area contributed by atoms with Crippen LogP contribution in [-0.4, -0.2) is 17.8 Å². The first kappa shape index (κ1) is 12.2. The summed E-state index contributed by atoms with van der Waals surface area (Å²) in [7, 11) is 2.12. The lowest BCUT2D eigenvalue weighted by molar-refractivity contribution is 0.247. The molecule has 0 spiro atoms. The van der Waals surface area contributed by atoms with Crippen molar-refractivity contribution < 1.29 is 0 Å². The van der Waals surface area contributed by atoms with Crippen molar-refractivity contribution in [3.63, 3.8) is 0 Å². The fourth-order valence-corrected chi connectivity index (χ4v) is 4.53. The monoisotopic (exact) mass is 282 g/mol. The molecule has 0 bridgehead atoms. The second kappa shape index (κ2) is 4.74. The van der Waals surface area contributed by atoms with Crippen LogP contribution < -0.4 is 0 Å². The molecule has 0 N–H and O–H groups in total. The third-order valence-corrected chi connectivity index (χ3v) is 5.43. The Labute approximate surface area is 123 Å². The van der Waals surface area contributed by atoms with Gasteiger partial charge in [0.25, 0.3) is 0 Å². The van der Waals surface area contributed by atoms with E-state index in [0.29, 0.717) is 12.0 Å². The lowest BCUT2D eigenvalue weighted by Crippen LogP contribution is -2.22. The molecule has 1 aliphatic carbocycles. The van der Waals surface area contributed by atoms with E-state index in [1.54, 1.807) is 0 Å². The SMILES string of the molecule is CN1N=C2c3ccccc3CCC[C@H]2[C@H]1c1cccs1. The quantitative estimate of drug-likeness (QED) is 0.769. The summed E-state index contributed by atoms with van der Waals surface area (Å²) in [6, 6.07) is 13.6. The number of nitrogens with zero attached hydrogens (tertiary/aromatic N) is 2. The van der Waals surface area contributed by atoms with Gasteiger partial charge in [0, 0.05) is 23.4 Å². The second-order valence-corrected chi connectivity index (χ2v) is 6.65. The predicted octanol–water partition coefficient (Wildman–Crippen LogP) is 4.09. The van der Waals surface area contributed by atoms with E-state index in [-0.39, 0.29) is 0 Å². The Kier molecular flexibility index (Phi) is 2.88. The van der Waals surface area contributed by atoms with Crippen molar-refractivity contribution in [3.8, 4) is 0 Å². The number of benzene rings is 1. The molecule has 2 aromatic rings. The molecule has 0 unspecified atom stereocenters. The summed E-state index contributed by atoms with van der Waals surface area (Å²) in [6.07, 6.45) is 3.68. The first-order valence-corrected chi connectivity index (χ1v) is 8.15. The first-order chi connectivity index (χ1) is 9.84. The molecular formula is C17H18N2S. The van der Waals surface area contributed by atoms with Crippen molar-refractivity contribution in [1.82, 2.24) is 5.01 Å². The maximum atomic E-state index is 4.91. The number of hydrogen-bond acceptors (Lipinski definition) is 3. The predicted molar refractivity (Wildman–Crippen MR) is 84.2 cm³/mol. The van der Waals surface area contributed by atoms with Gasteiger partial charge in [0.1, 0.15) is 0 Å². The van der Waals surface area contributed by atoms with Gasteiger partial charge in [-0.25, -0.2) is 0 Å². The van der Waals surface area contributed by atoms with Gasteiger partial charge in [-0.2, -0.15) is 5.10 Å². The Morgan fingerprint density at radius 1 is 1.20 bits per heavy atom. The maximum absolute atomic E-state index is 4.91. The molecule has 0 saturated carbocycles. The van der Waals surface area contributed by atoms with Crippen LogP contribution in [0.15, 0.2) is 46.9 Å². The normalized spacial score (nSPS) is 24.9. The van der Waals surface area contributed by atoms with Crippen LogP contribution in [0.5, 0.6) is 0 Å². The average molecular weight is 282 g/mol. The molecule has 0 saturated heterocycles. The molecular weight excluding hydrogens is 264 g/mol. The summed E-state index contributed by atoms with van der Waals surface area (Å²) in [4.78, 5) is 1.44. The van der Waals surface area contributed by atoms with E-state index in [1.165, 1.54) is 41.0 Å². The Morgan fingerprint density at radius 2 is 2.10 bits per heavy atom. The molecule has 2 heterocycles. The van der Waals surface area contributed by atoms with Crippen molar-refractivity contribution in [3.05, 3.63) is 57.8 Å². The van der Waals surface area contributed by atoms with Gasteiger partial charge in [0.2, 0.25) is 0 Å². The van der Waals surface area contributed by atoms with E-state index < -0.39 is 0 Å². The van der Waals surface area contributed by atoms with E-state index >= 15 is 0 Å². The van der Waals surface area contributed by atoms with Crippen molar-refractivity contribution >= 4 is 17.0 Å². The molecule has 1 aromatic heterocycles. The Morgan fingerprint density at radius 3 is 2.95 bits per heavy atom. The topological polar surface area (TPSA) is 15.6 Å². The molecule has 4 rings (SSSR count). The molecule has 3 heteroatoms. The van der Waals surface area contributed by atoms with Crippen LogP contribution in [-0.2, 0) is 6.42 Å². The summed E-state index contributed by atoms with van der Waals surface area (Å²) in [5.41, 5.74) is 4.15. The molecule has 2 aliphatic rings. The zero-order valence-electron chi connectivity index (χ0n) is 11.6. The average Bonchev–Trinajstić information content (AvgIpc) is 3.03. The van der Waals surface area contributed by atoms with Crippen molar-refractivity contribution in [2.45, 2.75) is 25.3 Å². The minimum Gasteiger partial charge on any atom is -0.291 e. The van der Waals surface area contributed by atoms with Crippen LogP contribution >= 0.6 is 11.3 Å². The standard InChI is InChI=1S/C17H18N2S/c1-19-17(15-10-5-11-20-15)14-9-4-7-12-6-2-3-8-13(12)16(14)18-19/h2-3,5-6,8,10-11,14,17H,4,7,9H2,1H3/t14-,17+/m1/s1. The zero-order valence-corrected chi connectivity index (χ0v) is 12.4. The number of thiophene rings is 1.